The minimum Gasteiger partial charge on any atom is -0.394 e. The predicted octanol–water partition coefficient (Wildman–Crippen LogP) is 0.993. The van der Waals surface area contributed by atoms with Gasteiger partial charge in [0.15, 0.2) is 0 Å². The van der Waals surface area contributed by atoms with Crippen LogP contribution in [0.2, 0.25) is 0 Å². The third-order valence-electron chi connectivity index (χ3n) is 3.80. The lowest BCUT2D eigenvalue weighted by molar-refractivity contribution is 0.169. The summed E-state index contributed by atoms with van der Waals surface area (Å²) in [5, 5.41) is 12.5. The summed E-state index contributed by atoms with van der Waals surface area (Å²) in [6, 6.07) is 0. The van der Waals surface area contributed by atoms with Crippen molar-refractivity contribution < 1.29 is 5.11 Å². The first kappa shape index (κ1) is 16.1. The second kappa shape index (κ2) is 7.62. The summed E-state index contributed by atoms with van der Waals surface area (Å²) >= 11 is 0. The fourth-order valence-electron chi connectivity index (χ4n) is 2.05. The van der Waals surface area contributed by atoms with Crippen LogP contribution in [0.15, 0.2) is 12.4 Å². The molecule has 0 spiro atoms. The lowest BCUT2D eigenvalue weighted by atomic mass is 9.96. The molecule has 1 aromatic heterocycles. The van der Waals surface area contributed by atoms with Crippen molar-refractivity contribution in [3.8, 4) is 0 Å². The molecule has 110 valence electrons. The molecule has 0 bridgehead atoms. The van der Waals surface area contributed by atoms with Crippen LogP contribution in [0.4, 0.5) is 0 Å². The molecule has 5 heteroatoms. The number of rotatable bonds is 9. The number of aryl methyl sites for hydroxylation is 1. The Morgan fingerprint density at radius 3 is 2.74 bits per heavy atom. The molecule has 1 atom stereocenters. The number of imidazole rings is 1. The van der Waals surface area contributed by atoms with Crippen LogP contribution in [-0.2, 0) is 13.6 Å². The number of hydrogen-bond donors (Lipinski definition) is 2. The molecule has 0 amide bonds. The number of aliphatic hydroxyl groups excluding tert-OH is 1. The highest BCUT2D eigenvalue weighted by Crippen LogP contribution is 2.13. The second-order valence-corrected chi connectivity index (χ2v) is 5.62. The van der Waals surface area contributed by atoms with Crippen molar-refractivity contribution in [2.45, 2.75) is 38.3 Å². The first-order valence-corrected chi connectivity index (χ1v) is 6.95. The summed E-state index contributed by atoms with van der Waals surface area (Å²) in [6.45, 7) is 4.18. The molecule has 19 heavy (non-hydrogen) atoms. The molecule has 2 N–H and O–H groups in total. The molecule has 0 aliphatic heterocycles. The van der Waals surface area contributed by atoms with Crippen molar-refractivity contribution >= 4 is 0 Å². The van der Waals surface area contributed by atoms with E-state index in [1.807, 2.05) is 26.5 Å². The van der Waals surface area contributed by atoms with Crippen LogP contribution >= 0.6 is 0 Å². The van der Waals surface area contributed by atoms with Gasteiger partial charge in [-0.2, -0.15) is 0 Å². The third kappa shape index (κ3) is 5.30. The molecule has 0 radical (unpaired) electrons. The molecule has 1 rings (SSSR count). The summed E-state index contributed by atoms with van der Waals surface area (Å²) in [7, 11) is 6.05. The molecule has 0 fully saturated rings. The highest BCUT2D eigenvalue weighted by atomic mass is 16.3. The van der Waals surface area contributed by atoms with Crippen molar-refractivity contribution in [1.29, 1.82) is 0 Å². The van der Waals surface area contributed by atoms with Gasteiger partial charge in [0.05, 0.1) is 13.2 Å². The minimum atomic E-state index is -0.141. The molecule has 5 nitrogen and oxygen atoms in total. The van der Waals surface area contributed by atoms with Gasteiger partial charge in [-0.05, 0) is 40.4 Å². The van der Waals surface area contributed by atoms with E-state index in [1.165, 1.54) is 0 Å². The average Bonchev–Trinajstić information content (AvgIpc) is 2.80. The Morgan fingerprint density at radius 2 is 2.21 bits per heavy atom. The Hall–Kier alpha value is -0.910. The standard InChI is InChI=1S/C14H28N4O/c1-14(12-19,15-2)7-5-6-9-17(3)11-13-16-8-10-18(13)4/h8,10,15,19H,5-7,9,11-12H2,1-4H3. The molecule has 0 aromatic carbocycles. The van der Waals surface area contributed by atoms with Gasteiger partial charge in [-0.3, -0.25) is 4.90 Å². The molecule has 0 saturated heterocycles. The van der Waals surface area contributed by atoms with E-state index in [0.717, 1.165) is 38.2 Å². The van der Waals surface area contributed by atoms with Gasteiger partial charge in [-0.15, -0.1) is 0 Å². The highest BCUT2D eigenvalue weighted by molar-refractivity contribution is 4.90. The second-order valence-electron chi connectivity index (χ2n) is 5.62. The van der Waals surface area contributed by atoms with E-state index in [4.69, 9.17) is 0 Å². The van der Waals surface area contributed by atoms with Gasteiger partial charge in [0.25, 0.3) is 0 Å². The summed E-state index contributed by atoms with van der Waals surface area (Å²) in [4.78, 5) is 6.62. The number of hydrogen-bond acceptors (Lipinski definition) is 4. The molecular weight excluding hydrogens is 240 g/mol. The van der Waals surface area contributed by atoms with Crippen molar-refractivity contribution in [3.05, 3.63) is 18.2 Å². The van der Waals surface area contributed by atoms with Crippen LogP contribution in [0.5, 0.6) is 0 Å². The van der Waals surface area contributed by atoms with Crippen LogP contribution < -0.4 is 5.32 Å². The van der Waals surface area contributed by atoms with Crippen LogP contribution in [0.3, 0.4) is 0 Å². The number of unbranched alkanes of at least 4 members (excludes halogenated alkanes) is 1. The van der Waals surface area contributed by atoms with Crippen molar-refractivity contribution in [2.24, 2.45) is 7.05 Å². The maximum atomic E-state index is 9.31. The molecule has 1 aromatic rings. The first-order chi connectivity index (χ1) is 9.00. The Labute approximate surface area is 116 Å². The molecule has 0 aliphatic rings. The Morgan fingerprint density at radius 1 is 1.47 bits per heavy atom. The topological polar surface area (TPSA) is 53.3 Å². The lowest BCUT2D eigenvalue weighted by Crippen LogP contribution is -2.43. The van der Waals surface area contributed by atoms with Gasteiger partial charge >= 0.3 is 0 Å². The van der Waals surface area contributed by atoms with Gasteiger partial charge in [-0.25, -0.2) is 4.98 Å². The fourth-order valence-corrected chi connectivity index (χ4v) is 2.05. The quantitative estimate of drug-likeness (QED) is 0.656. The van der Waals surface area contributed by atoms with Crippen LogP contribution in [0.1, 0.15) is 32.0 Å². The maximum absolute atomic E-state index is 9.31. The van der Waals surface area contributed by atoms with E-state index in [2.05, 4.69) is 33.7 Å². The summed E-state index contributed by atoms with van der Waals surface area (Å²) in [5.41, 5.74) is -0.141. The largest absolute Gasteiger partial charge is 0.394 e. The maximum Gasteiger partial charge on any atom is 0.122 e. The highest BCUT2D eigenvalue weighted by Gasteiger charge is 2.19. The van der Waals surface area contributed by atoms with Crippen molar-refractivity contribution in [3.63, 3.8) is 0 Å². The van der Waals surface area contributed by atoms with E-state index >= 15 is 0 Å². The summed E-state index contributed by atoms with van der Waals surface area (Å²) in [5.74, 6) is 1.10. The number of aromatic nitrogens is 2. The molecule has 0 aliphatic carbocycles. The zero-order valence-corrected chi connectivity index (χ0v) is 12.7. The van der Waals surface area contributed by atoms with E-state index in [-0.39, 0.29) is 12.1 Å². The molecular formula is C14H28N4O. The van der Waals surface area contributed by atoms with E-state index < -0.39 is 0 Å². The smallest absolute Gasteiger partial charge is 0.122 e. The number of aliphatic hydroxyl groups is 1. The van der Waals surface area contributed by atoms with E-state index in [9.17, 15) is 5.11 Å². The van der Waals surface area contributed by atoms with Gasteiger partial charge < -0.3 is 15.0 Å². The fraction of sp³-hybridized carbons (Fsp3) is 0.786. The monoisotopic (exact) mass is 268 g/mol. The summed E-state index contributed by atoms with van der Waals surface area (Å²) in [6.07, 6.45) is 7.06. The average molecular weight is 268 g/mol. The van der Waals surface area contributed by atoms with Crippen LogP contribution in [0.25, 0.3) is 0 Å². The van der Waals surface area contributed by atoms with Gasteiger partial charge in [0.2, 0.25) is 0 Å². The zero-order chi connectivity index (χ0) is 14.3. The number of nitrogens with zero attached hydrogens (tertiary/aromatic N) is 3. The Bertz CT molecular complexity index is 360. The van der Waals surface area contributed by atoms with Gasteiger partial charge in [0.1, 0.15) is 5.82 Å². The van der Waals surface area contributed by atoms with Gasteiger partial charge in [-0.1, -0.05) is 6.42 Å². The van der Waals surface area contributed by atoms with E-state index in [1.54, 1.807) is 0 Å². The Balaban J connectivity index is 2.21. The Kier molecular flexibility index (Phi) is 6.48. The molecule has 0 saturated carbocycles. The zero-order valence-electron chi connectivity index (χ0n) is 12.7. The first-order valence-electron chi connectivity index (χ1n) is 6.95. The number of likely N-dealkylation sites (N-methyl/N-ethyl adjacent to an activating group) is 1. The molecule has 1 unspecified atom stereocenters. The SMILES string of the molecule is CNC(C)(CO)CCCCN(C)Cc1nccn1C. The lowest BCUT2D eigenvalue weighted by Gasteiger charge is -2.27. The van der Waals surface area contributed by atoms with Crippen molar-refractivity contribution in [1.82, 2.24) is 19.8 Å². The minimum absolute atomic E-state index is 0.141. The predicted molar refractivity (Wildman–Crippen MR) is 77.9 cm³/mol. The van der Waals surface area contributed by atoms with Crippen LogP contribution in [0, 0.1) is 0 Å². The molecule has 1 heterocycles. The van der Waals surface area contributed by atoms with E-state index in [0.29, 0.717) is 0 Å². The van der Waals surface area contributed by atoms with Crippen molar-refractivity contribution in [2.75, 3.05) is 27.2 Å². The van der Waals surface area contributed by atoms with Crippen LogP contribution in [-0.4, -0.2) is 52.3 Å². The summed E-state index contributed by atoms with van der Waals surface area (Å²) < 4.78 is 2.06. The third-order valence-corrected chi connectivity index (χ3v) is 3.80. The normalized spacial score (nSPS) is 14.8. The number of nitrogens with one attached hydrogen (secondary N) is 1. The van der Waals surface area contributed by atoms with Gasteiger partial charge in [0, 0.05) is 25.0 Å².